The Hall–Kier alpha value is -3.00. The van der Waals surface area contributed by atoms with Gasteiger partial charge in [-0.15, -0.1) is 0 Å². The van der Waals surface area contributed by atoms with E-state index in [9.17, 15) is 14.4 Å². The summed E-state index contributed by atoms with van der Waals surface area (Å²) >= 11 is 3.34. The summed E-state index contributed by atoms with van der Waals surface area (Å²) in [5.74, 6) is -0.890. The van der Waals surface area contributed by atoms with Gasteiger partial charge in [-0.1, -0.05) is 51.8 Å². The van der Waals surface area contributed by atoms with E-state index in [0.717, 1.165) is 4.47 Å². The number of fused-ring (bicyclic) bond motifs is 1. The van der Waals surface area contributed by atoms with Crippen LogP contribution in [0.15, 0.2) is 58.2 Å². The molecular weight excluding hydrogens is 438 g/mol. The number of unbranched alkanes of at least 4 members (excludes halogenated alkanes) is 2. The van der Waals surface area contributed by atoms with E-state index < -0.39 is 5.97 Å². The molecule has 1 aliphatic rings. The van der Waals surface area contributed by atoms with Gasteiger partial charge in [0, 0.05) is 23.0 Å². The smallest absolute Gasteiger partial charge is 0.335 e. The molecule has 2 amide bonds. The van der Waals surface area contributed by atoms with Crippen molar-refractivity contribution in [3.63, 3.8) is 0 Å². The Morgan fingerprint density at radius 3 is 2.34 bits per heavy atom. The number of hydrogen-bond acceptors (Lipinski definition) is 5. The number of rotatable bonds is 8. The quantitative estimate of drug-likeness (QED) is 0.163. The van der Waals surface area contributed by atoms with Crippen molar-refractivity contribution < 1.29 is 19.2 Å². The SMILES string of the molecule is N/C(=N/OC(=O)CCCCCN1C(=O)c2ccccc2C1=O)c1cccc(Br)c1. The predicted molar refractivity (Wildman–Crippen MR) is 111 cm³/mol. The van der Waals surface area contributed by atoms with Crippen molar-refractivity contribution >= 4 is 39.5 Å². The topological polar surface area (TPSA) is 102 Å². The van der Waals surface area contributed by atoms with Crippen molar-refractivity contribution in [2.24, 2.45) is 10.9 Å². The molecule has 150 valence electrons. The van der Waals surface area contributed by atoms with Gasteiger partial charge in [-0.05, 0) is 37.1 Å². The minimum absolute atomic E-state index is 0.116. The maximum Gasteiger partial charge on any atom is 0.335 e. The molecule has 2 aromatic rings. The average molecular weight is 458 g/mol. The molecule has 0 aromatic heterocycles. The number of halogens is 1. The van der Waals surface area contributed by atoms with Gasteiger partial charge in [-0.2, -0.15) is 0 Å². The monoisotopic (exact) mass is 457 g/mol. The fourth-order valence-corrected chi connectivity index (χ4v) is 3.40. The van der Waals surface area contributed by atoms with E-state index in [2.05, 4.69) is 21.1 Å². The summed E-state index contributed by atoms with van der Waals surface area (Å²) < 4.78 is 0.845. The molecule has 1 heterocycles. The number of imide groups is 1. The lowest BCUT2D eigenvalue weighted by Gasteiger charge is -2.13. The zero-order valence-corrected chi connectivity index (χ0v) is 17.2. The molecule has 29 heavy (non-hydrogen) atoms. The molecule has 0 aliphatic carbocycles. The van der Waals surface area contributed by atoms with Crippen molar-refractivity contribution in [1.82, 2.24) is 4.90 Å². The third-order valence-corrected chi connectivity index (χ3v) is 5.00. The third-order valence-electron chi connectivity index (χ3n) is 4.51. The highest BCUT2D eigenvalue weighted by molar-refractivity contribution is 9.10. The van der Waals surface area contributed by atoms with Gasteiger partial charge in [0.1, 0.15) is 0 Å². The highest BCUT2D eigenvalue weighted by atomic mass is 79.9. The van der Waals surface area contributed by atoms with Crippen LogP contribution in [0.5, 0.6) is 0 Å². The van der Waals surface area contributed by atoms with Crippen LogP contribution in [0.25, 0.3) is 0 Å². The zero-order valence-electron chi connectivity index (χ0n) is 15.6. The van der Waals surface area contributed by atoms with Gasteiger partial charge in [-0.25, -0.2) is 4.79 Å². The Morgan fingerprint density at radius 2 is 1.69 bits per heavy atom. The molecule has 0 bridgehead atoms. The molecule has 0 atom stereocenters. The van der Waals surface area contributed by atoms with Crippen molar-refractivity contribution in [1.29, 1.82) is 0 Å². The fourth-order valence-electron chi connectivity index (χ4n) is 3.00. The highest BCUT2D eigenvalue weighted by Crippen LogP contribution is 2.22. The Bertz CT molecular complexity index is 939. The zero-order chi connectivity index (χ0) is 20.8. The van der Waals surface area contributed by atoms with Crippen molar-refractivity contribution in [3.8, 4) is 0 Å². The van der Waals surface area contributed by atoms with Crippen LogP contribution in [0, 0.1) is 0 Å². The van der Waals surface area contributed by atoms with E-state index in [-0.39, 0.29) is 24.1 Å². The van der Waals surface area contributed by atoms with Crippen LogP contribution in [0.3, 0.4) is 0 Å². The van der Waals surface area contributed by atoms with Crippen LogP contribution in [-0.4, -0.2) is 35.1 Å². The Labute approximate surface area is 176 Å². The second-order valence-corrected chi connectivity index (χ2v) is 7.48. The van der Waals surface area contributed by atoms with Crippen LogP contribution in [-0.2, 0) is 9.63 Å². The van der Waals surface area contributed by atoms with Gasteiger partial charge < -0.3 is 10.6 Å². The number of nitrogens with two attached hydrogens (primary N) is 1. The number of benzene rings is 2. The van der Waals surface area contributed by atoms with Crippen LogP contribution in [0.1, 0.15) is 52.0 Å². The van der Waals surface area contributed by atoms with E-state index in [1.807, 2.05) is 6.07 Å². The molecule has 0 saturated heterocycles. The first-order valence-corrected chi connectivity index (χ1v) is 10.0. The Balaban J connectivity index is 1.38. The second-order valence-electron chi connectivity index (χ2n) is 6.57. The standard InChI is InChI=1S/C21H20BrN3O4/c22-15-8-6-7-14(13-15)19(23)24-29-18(26)11-2-1-5-12-25-20(27)16-9-3-4-10-17(16)21(25)28/h3-4,6-10,13H,1-2,5,11-12H2,(H2,23,24). The van der Waals surface area contributed by atoms with E-state index >= 15 is 0 Å². The summed E-state index contributed by atoms with van der Waals surface area (Å²) in [6, 6.07) is 14.0. The summed E-state index contributed by atoms with van der Waals surface area (Å²) in [6.45, 7) is 0.329. The number of carbonyl (C=O) groups excluding carboxylic acids is 3. The van der Waals surface area contributed by atoms with Gasteiger partial charge in [0.05, 0.1) is 11.1 Å². The minimum Gasteiger partial charge on any atom is -0.380 e. The second kappa shape index (κ2) is 9.47. The van der Waals surface area contributed by atoms with Gasteiger partial charge in [0.2, 0.25) is 0 Å². The van der Waals surface area contributed by atoms with Crippen molar-refractivity contribution in [3.05, 3.63) is 69.7 Å². The molecule has 0 spiro atoms. The summed E-state index contributed by atoms with van der Waals surface area (Å²) in [4.78, 5) is 42.4. The number of hydrogen-bond donors (Lipinski definition) is 1. The first kappa shape index (κ1) is 20.7. The largest absolute Gasteiger partial charge is 0.380 e. The molecule has 0 fully saturated rings. The van der Waals surface area contributed by atoms with E-state index in [4.69, 9.17) is 10.6 Å². The highest BCUT2D eigenvalue weighted by Gasteiger charge is 2.34. The molecule has 2 N–H and O–H groups in total. The lowest BCUT2D eigenvalue weighted by Crippen LogP contribution is -2.30. The molecule has 2 aromatic carbocycles. The third kappa shape index (κ3) is 5.08. The Kier molecular flexibility index (Phi) is 6.77. The van der Waals surface area contributed by atoms with Crippen molar-refractivity contribution in [2.45, 2.75) is 25.7 Å². The summed E-state index contributed by atoms with van der Waals surface area (Å²) in [6.07, 6.45) is 2.03. The van der Waals surface area contributed by atoms with E-state index in [1.54, 1.807) is 42.5 Å². The fraction of sp³-hybridized carbons (Fsp3) is 0.238. The van der Waals surface area contributed by atoms with Gasteiger partial charge >= 0.3 is 5.97 Å². The van der Waals surface area contributed by atoms with E-state index in [1.165, 1.54) is 4.90 Å². The van der Waals surface area contributed by atoms with Crippen LogP contribution < -0.4 is 5.73 Å². The predicted octanol–water partition coefficient (Wildman–Crippen LogP) is 3.47. The molecule has 0 unspecified atom stereocenters. The van der Waals surface area contributed by atoms with Gasteiger partial charge in [0.15, 0.2) is 5.84 Å². The van der Waals surface area contributed by atoms with E-state index in [0.29, 0.717) is 42.5 Å². The molecule has 8 heteroatoms. The van der Waals surface area contributed by atoms with Crippen LogP contribution >= 0.6 is 15.9 Å². The maximum absolute atomic E-state index is 12.3. The number of amidine groups is 1. The normalized spacial score (nSPS) is 13.6. The number of amides is 2. The molecular formula is C21H20BrN3O4. The first-order chi connectivity index (χ1) is 14.0. The molecule has 1 aliphatic heterocycles. The average Bonchev–Trinajstić information content (AvgIpc) is 2.96. The maximum atomic E-state index is 12.3. The lowest BCUT2D eigenvalue weighted by molar-refractivity contribution is -0.143. The molecule has 3 rings (SSSR count). The Morgan fingerprint density at radius 1 is 1.00 bits per heavy atom. The van der Waals surface area contributed by atoms with Crippen LogP contribution in [0.4, 0.5) is 0 Å². The lowest BCUT2D eigenvalue weighted by atomic mass is 10.1. The first-order valence-electron chi connectivity index (χ1n) is 9.22. The number of nitrogens with zero attached hydrogens (tertiary/aromatic N) is 2. The molecule has 0 radical (unpaired) electrons. The number of oxime groups is 1. The van der Waals surface area contributed by atoms with Gasteiger partial charge in [-0.3, -0.25) is 14.5 Å². The molecule has 0 saturated carbocycles. The summed E-state index contributed by atoms with van der Waals surface area (Å²) in [7, 11) is 0. The van der Waals surface area contributed by atoms with Crippen molar-refractivity contribution in [2.75, 3.05) is 6.54 Å². The van der Waals surface area contributed by atoms with Gasteiger partial charge in [0.25, 0.3) is 11.8 Å². The summed E-state index contributed by atoms with van der Waals surface area (Å²) in [5, 5.41) is 3.67. The number of carbonyl (C=O) groups is 3. The summed E-state index contributed by atoms with van der Waals surface area (Å²) in [5.41, 5.74) is 7.34. The molecule has 7 nitrogen and oxygen atoms in total. The minimum atomic E-state index is -0.483. The van der Waals surface area contributed by atoms with Crippen LogP contribution in [0.2, 0.25) is 0 Å².